The van der Waals surface area contributed by atoms with Gasteiger partial charge in [0.2, 0.25) is 0 Å². The minimum atomic E-state index is -4.24. The number of aromatic amines is 1. The Labute approximate surface area is 168 Å². The summed E-state index contributed by atoms with van der Waals surface area (Å²) in [6, 6.07) is 4.14. The molecule has 0 radical (unpaired) electrons. The number of hydrogen-bond acceptors (Lipinski definition) is 8. The monoisotopic (exact) mass is 433 g/mol. The van der Waals surface area contributed by atoms with Gasteiger partial charge in [0.25, 0.3) is 5.56 Å². The van der Waals surface area contributed by atoms with Crippen molar-refractivity contribution in [1.82, 2.24) is 24.5 Å². The molecule has 1 saturated heterocycles. The molecule has 0 bridgehead atoms. The number of anilines is 1. The topological polar surface area (TPSA) is 193 Å². The Balaban J connectivity index is 1.49. The first-order chi connectivity index (χ1) is 14.5. The number of H-pyrrole nitrogens is 1. The van der Waals surface area contributed by atoms with Crippen molar-refractivity contribution in [1.29, 1.82) is 0 Å². The quantitative estimate of drug-likeness (QED) is 0.215. The van der Waals surface area contributed by atoms with E-state index in [9.17, 15) is 14.3 Å². The lowest BCUT2D eigenvalue weighted by Gasteiger charge is -2.19. The molecule has 0 amide bonds. The van der Waals surface area contributed by atoms with Gasteiger partial charge >= 0.3 is 7.75 Å². The number of imidazole rings is 1. The Morgan fingerprint density at radius 1 is 1.47 bits per heavy atom. The Hall–Kier alpha value is -3.28. The second-order valence-corrected chi connectivity index (χ2v) is 7.86. The zero-order valence-corrected chi connectivity index (χ0v) is 16.2. The van der Waals surface area contributed by atoms with Crippen LogP contribution < -0.4 is 10.6 Å². The average Bonchev–Trinajstić information content (AvgIpc) is 3.32. The predicted octanol–water partition coefficient (Wildman–Crippen LogP) is 1.71. The molecule has 1 fully saturated rings. The van der Waals surface area contributed by atoms with Gasteiger partial charge in [0.15, 0.2) is 11.2 Å². The zero-order valence-electron chi connectivity index (χ0n) is 15.3. The first-order valence-corrected chi connectivity index (χ1v) is 10.3. The van der Waals surface area contributed by atoms with Gasteiger partial charge in [-0.2, -0.15) is 0 Å². The summed E-state index contributed by atoms with van der Waals surface area (Å²) >= 11 is 0. The van der Waals surface area contributed by atoms with Crippen LogP contribution in [0.2, 0.25) is 0 Å². The molecular weight excluding hydrogens is 417 g/mol. The molecule has 4 heterocycles. The third kappa shape index (κ3) is 4.17. The maximum atomic E-state index is 12.3. The number of fused-ring (bicyclic) bond motifs is 1. The number of nitrogens with one attached hydrogen (secondary N) is 2. The van der Waals surface area contributed by atoms with Crippen molar-refractivity contribution >= 4 is 24.7 Å². The second kappa shape index (κ2) is 8.22. The fourth-order valence-corrected chi connectivity index (χ4v) is 3.91. The van der Waals surface area contributed by atoms with Gasteiger partial charge in [0.1, 0.15) is 12.0 Å². The highest BCUT2D eigenvalue weighted by Crippen LogP contribution is 2.43. The highest BCUT2D eigenvalue weighted by molar-refractivity contribution is 7.54. The summed E-state index contributed by atoms with van der Waals surface area (Å²) in [6.45, 7) is -0.325. The van der Waals surface area contributed by atoms with Gasteiger partial charge in [-0.15, -0.1) is 0 Å². The Morgan fingerprint density at radius 3 is 3.10 bits per heavy atom. The highest BCUT2D eigenvalue weighted by Gasteiger charge is 2.38. The molecule has 0 saturated carbocycles. The van der Waals surface area contributed by atoms with E-state index in [0.29, 0.717) is 5.65 Å². The number of rotatable bonds is 7. The van der Waals surface area contributed by atoms with E-state index < -0.39 is 31.7 Å². The second-order valence-electron chi connectivity index (χ2n) is 6.34. The summed E-state index contributed by atoms with van der Waals surface area (Å²) in [7, 11) is -4.24. The molecule has 3 aromatic heterocycles. The Morgan fingerprint density at radius 2 is 2.33 bits per heavy atom. The van der Waals surface area contributed by atoms with Gasteiger partial charge in [-0.25, -0.2) is 19.5 Å². The van der Waals surface area contributed by atoms with Crippen molar-refractivity contribution < 1.29 is 18.7 Å². The summed E-state index contributed by atoms with van der Waals surface area (Å²) in [4.78, 5) is 39.1. The van der Waals surface area contributed by atoms with E-state index in [4.69, 9.17) is 14.8 Å². The minimum absolute atomic E-state index is 0.139. The number of azide groups is 1. The Kier molecular flexibility index (Phi) is 5.48. The summed E-state index contributed by atoms with van der Waals surface area (Å²) in [5.41, 5.74) is 8.89. The first-order valence-electron chi connectivity index (χ1n) is 8.73. The standard InChI is InChI=1S/C15H16N9O5P/c16-23-21-9-5-12(24-8-20-13-14(24)18-7-19-15(13)25)29-10(9)6-28-30(26,27)22-11-3-1-2-4-17-11/h1-4,7-10,12H,5-6H2,(H,18,19,25)(H2,17,22,26,27)/t9-,10+,12+/m0/s1. The van der Waals surface area contributed by atoms with Crippen LogP contribution in [0.4, 0.5) is 5.82 Å². The van der Waals surface area contributed by atoms with Crippen LogP contribution in [0.25, 0.3) is 21.6 Å². The Bertz CT molecular complexity index is 1190. The minimum Gasteiger partial charge on any atom is -0.352 e. The van der Waals surface area contributed by atoms with Crippen molar-refractivity contribution in [3.8, 4) is 0 Å². The van der Waals surface area contributed by atoms with Crippen molar-refractivity contribution in [2.75, 3.05) is 11.7 Å². The first kappa shape index (κ1) is 20.0. The SMILES string of the molecule is [N-]=[N+]=N[C@H]1C[C@H](n2cnc3c(=O)[nH]cnc32)O[C@@H]1COP(=O)(O)Nc1ccccn1. The molecule has 156 valence electrons. The molecule has 1 aliphatic rings. The van der Waals surface area contributed by atoms with Crippen molar-refractivity contribution in [2.24, 2.45) is 5.11 Å². The van der Waals surface area contributed by atoms with Crippen LogP contribution >= 0.6 is 7.75 Å². The van der Waals surface area contributed by atoms with Gasteiger partial charge in [-0.05, 0) is 17.7 Å². The lowest BCUT2D eigenvalue weighted by atomic mass is 10.1. The summed E-state index contributed by atoms with van der Waals surface area (Å²) in [5, 5.41) is 6.01. The molecule has 3 aromatic rings. The molecule has 1 aliphatic heterocycles. The van der Waals surface area contributed by atoms with Crippen LogP contribution in [0.15, 0.2) is 47.0 Å². The molecule has 4 rings (SSSR count). The number of hydrogen-bond donors (Lipinski definition) is 3. The molecule has 3 N–H and O–H groups in total. The molecular formula is C15H16N9O5P. The fourth-order valence-electron chi connectivity index (χ4n) is 3.08. The number of nitrogens with zero attached hydrogens (tertiary/aromatic N) is 7. The van der Waals surface area contributed by atoms with Crippen LogP contribution in [0.3, 0.4) is 0 Å². The lowest BCUT2D eigenvalue weighted by molar-refractivity contribution is -0.0197. The highest BCUT2D eigenvalue weighted by atomic mass is 31.2. The van der Waals surface area contributed by atoms with Crippen LogP contribution in [0.5, 0.6) is 0 Å². The van der Waals surface area contributed by atoms with Gasteiger partial charge in [-0.1, -0.05) is 11.2 Å². The van der Waals surface area contributed by atoms with Gasteiger partial charge in [0.05, 0.1) is 31.4 Å². The van der Waals surface area contributed by atoms with E-state index in [1.165, 1.54) is 29.5 Å². The van der Waals surface area contributed by atoms with E-state index in [1.807, 2.05) is 0 Å². The molecule has 30 heavy (non-hydrogen) atoms. The van der Waals surface area contributed by atoms with Crippen LogP contribution in [-0.2, 0) is 13.8 Å². The van der Waals surface area contributed by atoms with E-state index in [2.05, 4.69) is 35.0 Å². The number of pyridine rings is 1. The largest absolute Gasteiger partial charge is 0.431 e. The van der Waals surface area contributed by atoms with E-state index in [1.54, 1.807) is 12.1 Å². The molecule has 4 atom stereocenters. The summed E-state index contributed by atoms with van der Waals surface area (Å²) < 4.78 is 24.8. The molecule has 1 unspecified atom stereocenters. The molecule has 0 aliphatic carbocycles. The number of ether oxygens (including phenoxy) is 1. The van der Waals surface area contributed by atoms with Gasteiger partial charge in [0, 0.05) is 17.5 Å². The zero-order chi connectivity index (χ0) is 21.1. The summed E-state index contributed by atoms with van der Waals surface area (Å²) in [5.74, 6) is 0.168. The maximum absolute atomic E-state index is 12.3. The molecule has 0 aromatic carbocycles. The van der Waals surface area contributed by atoms with Crippen LogP contribution in [0, 0.1) is 0 Å². The predicted molar refractivity (Wildman–Crippen MR) is 103 cm³/mol. The van der Waals surface area contributed by atoms with Gasteiger partial charge < -0.3 is 14.6 Å². The molecule has 0 spiro atoms. The smallest absolute Gasteiger partial charge is 0.352 e. The number of aromatic nitrogens is 5. The third-order valence-corrected chi connectivity index (χ3v) is 5.42. The maximum Gasteiger partial charge on any atom is 0.431 e. The third-order valence-electron chi connectivity index (χ3n) is 4.41. The molecule has 15 heteroatoms. The van der Waals surface area contributed by atoms with Crippen LogP contribution in [0.1, 0.15) is 12.6 Å². The van der Waals surface area contributed by atoms with Gasteiger partial charge in [-0.3, -0.25) is 19.0 Å². The van der Waals surface area contributed by atoms with Crippen molar-refractivity contribution in [2.45, 2.75) is 24.8 Å². The van der Waals surface area contributed by atoms with Crippen molar-refractivity contribution in [3.05, 3.63) is 57.8 Å². The fraction of sp³-hybridized carbons (Fsp3) is 0.333. The lowest BCUT2D eigenvalue weighted by Crippen LogP contribution is -2.25. The van der Waals surface area contributed by atoms with E-state index >= 15 is 0 Å². The van der Waals surface area contributed by atoms with Crippen LogP contribution in [-0.4, -0.2) is 48.1 Å². The summed E-state index contributed by atoms with van der Waals surface area (Å²) in [6.07, 6.45) is 2.87. The van der Waals surface area contributed by atoms with Crippen molar-refractivity contribution in [3.63, 3.8) is 0 Å². The van der Waals surface area contributed by atoms with E-state index in [-0.39, 0.29) is 24.4 Å². The average molecular weight is 433 g/mol. The molecule has 14 nitrogen and oxygen atoms in total. The van der Waals surface area contributed by atoms with E-state index in [0.717, 1.165) is 0 Å². The normalized spacial score (nSPS) is 23.0.